The molecule has 1 atom stereocenters. The number of carbonyl (C=O) groups is 1. The number of anilines is 1. The van der Waals surface area contributed by atoms with Crippen LogP contribution >= 0.6 is 11.6 Å². The Morgan fingerprint density at radius 1 is 1.33 bits per heavy atom. The standard InChI is InChI=1S/C18H17ClF3N3O2/c19-14-3-1-2-4-15(14)27-16-9-13(5-7-23-16)24-17(26)12-6-8-25(10-12)11-18(20,21)22/h1-5,7,9,12H,6,8,10-11H2,(H,23,24,26). The van der Waals surface area contributed by atoms with Crippen molar-refractivity contribution in [3.05, 3.63) is 47.6 Å². The maximum absolute atomic E-state index is 12.5. The van der Waals surface area contributed by atoms with Gasteiger partial charge in [-0.3, -0.25) is 9.69 Å². The van der Waals surface area contributed by atoms with Crippen LogP contribution in [-0.2, 0) is 4.79 Å². The number of pyridine rings is 1. The maximum atomic E-state index is 12.5. The van der Waals surface area contributed by atoms with Gasteiger partial charge in [0, 0.05) is 24.5 Å². The number of hydrogen-bond acceptors (Lipinski definition) is 4. The molecule has 1 aliphatic heterocycles. The lowest BCUT2D eigenvalue weighted by Crippen LogP contribution is -2.34. The topological polar surface area (TPSA) is 54.5 Å². The zero-order valence-electron chi connectivity index (χ0n) is 14.2. The third-order valence-corrected chi connectivity index (χ3v) is 4.41. The predicted molar refractivity (Wildman–Crippen MR) is 95.0 cm³/mol. The summed E-state index contributed by atoms with van der Waals surface area (Å²) in [6.45, 7) is -0.671. The second kappa shape index (κ2) is 8.14. The van der Waals surface area contributed by atoms with E-state index in [0.29, 0.717) is 22.9 Å². The lowest BCUT2D eigenvalue weighted by molar-refractivity contribution is -0.144. The van der Waals surface area contributed by atoms with Crippen LogP contribution in [0.2, 0.25) is 5.02 Å². The molecule has 1 aromatic carbocycles. The molecule has 2 aromatic rings. The molecule has 1 aliphatic rings. The fourth-order valence-corrected chi connectivity index (χ4v) is 3.05. The molecule has 1 saturated heterocycles. The Morgan fingerprint density at radius 3 is 2.85 bits per heavy atom. The van der Waals surface area contributed by atoms with E-state index < -0.39 is 18.6 Å². The van der Waals surface area contributed by atoms with E-state index in [1.165, 1.54) is 17.2 Å². The molecule has 144 valence electrons. The van der Waals surface area contributed by atoms with Crippen LogP contribution in [0.4, 0.5) is 18.9 Å². The van der Waals surface area contributed by atoms with Gasteiger partial charge < -0.3 is 10.1 Å². The average molecular weight is 400 g/mol. The van der Waals surface area contributed by atoms with E-state index in [1.807, 2.05) is 0 Å². The molecule has 0 aliphatic carbocycles. The summed E-state index contributed by atoms with van der Waals surface area (Å²) in [5.74, 6) is -0.150. The fourth-order valence-electron chi connectivity index (χ4n) is 2.87. The Labute approximate surface area is 159 Å². The summed E-state index contributed by atoms with van der Waals surface area (Å²) in [4.78, 5) is 17.7. The molecule has 0 spiro atoms. The van der Waals surface area contributed by atoms with Crippen molar-refractivity contribution in [3.63, 3.8) is 0 Å². The van der Waals surface area contributed by atoms with E-state index in [-0.39, 0.29) is 24.9 Å². The first-order chi connectivity index (χ1) is 12.8. The number of aromatic nitrogens is 1. The van der Waals surface area contributed by atoms with Crippen molar-refractivity contribution in [2.45, 2.75) is 12.6 Å². The van der Waals surface area contributed by atoms with Crippen LogP contribution in [0, 0.1) is 5.92 Å². The van der Waals surface area contributed by atoms with Crippen molar-refractivity contribution in [1.82, 2.24) is 9.88 Å². The van der Waals surface area contributed by atoms with Gasteiger partial charge in [0.15, 0.2) is 0 Å². The quantitative estimate of drug-likeness (QED) is 0.812. The molecule has 1 unspecified atom stereocenters. The Hall–Kier alpha value is -2.32. The summed E-state index contributed by atoms with van der Waals surface area (Å²) < 4.78 is 43.0. The van der Waals surface area contributed by atoms with Gasteiger partial charge in [-0.15, -0.1) is 0 Å². The van der Waals surface area contributed by atoms with Crippen molar-refractivity contribution in [2.75, 3.05) is 25.0 Å². The van der Waals surface area contributed by atoms with Gasteiger partial charge in [-0.1, -0.05) is 23.7 Å². The van der Waals surface area contributed by atoms with Crippen LogP contribution in [0.5, 0.6) is 11.6 Å². The minimum Gasteiger partial charge on any atom is -0.437 e. The van der Waals surface area contributed by atoms with E-state index in [2.05, 4.69) is 10.3 Å². The predicted octanol–water partition coefficient (Wildman–Crippen LogP) is 4.35. The van der Waals surface area contributed by atoms with Gasteiger partial charge >= 0.3 is 6.18 Å². The lowest BCUT2D eigenvalue weighted by atomic mass is 10.1. The van der Waals surface area contributed by atoms with Crippen molar-refractivity contribution >= 4 is 23.2 Å². The number of alkyl halides is 3. The van der Waals surface area contributed by atoms with Gasteiger partial charge in [0.1, 0.15) is 5.75 Å². The molecule has 0 bridgehead atoms. The molecule has 0 saturated carbocycles. The summed E-state index contributed by atoms with van der Waals surface area (Å²) in [5.41, 5.74) is 0.450. The van der Waals surface area contributed by atoms with E-state index in [4.69, 9.17) is 16.3 Å². The minimum atomic E-state index is -4.26. The van der Waals surface area contributed by atoms with Crippen LogP contribution < -0.4 is 10.1 Å². The number of para-hydroxylation sites is 1. The van der Waals surface area contributed by atoms with Gasteiger partial charge in [0.2, 0.25) is 11.8 Å². The van der Waals surface area contributed by atoms with Crippen LogP contribution in [0.1, 0.15) is 6.42 Å². The molecular weight excluding hydrogens is 383 g/mol. The van der Waals surface area contributed by atoms with Gasteiger partial charge in [-0.2, -0.15) is 13.2 Å². The average Bonchev–Trinajstić information content (AvgIpc) is 3.04. The highest BCUT2D eigenvalue weighted by Gasteiger charge is 2.36. The molecule has 2 heterocycles. The maximum Gasteiger partial charge on any atom is 0.401 e. The van der Waals surface area contributed by atoms with Crippen LogP contribution in [0.15, 0.2) is 42.6 Å². The molecule has 1 aromatic heterocycles. The van der Waals surface area contributed by atoms with Crippen molar-refractivity contribution in [1.29, 1.82) is 0 Å². The first-order valence-corrected chi connectivity index (χ1v) is 8.66. The Balaban J connectivity index is 1.60. The number of rotatable bonds is 5. The first kappa shape index (κ1) is 19.4. The second-order valence-electron chi connectivity index (χ2n) is 6.24. The number of carbonyl (C=O) groups excluding carboxylic acids is 1. The molecule has 5 nitrogen and oxygen atoms in total. The number of ether oxygens (including phenoxy) is 1. The Kier molecular flexibility index (Phi) is 5.86. The van der Waals surface area contributed by atoms with E-state index in [1.54, 1.807) is 30.3 Å². The summed E-state index contributed by atoms with van der Waals surface area (Å²) in [6.07, 6.45) is -2.41. The molecule has 1 fully saturated rings. The second-order valence-corrected chi connectivity index (χ2v) is 6.65. The number of halogens is 4. The molecule has 1 N–H and O–H groups in total. The molecule has 1 amide bonds. The van der Waals surface area contributed by atoms with Crippen LogP contribution in [-0.4, -0.2) is 41.6 Å². The fraction of sp³-hybridized carbons (Fsp3) is 0.333. The molecule has 0 radical (unpaired) electrons. The third-order valence-electron chi connectivity index (χ3n) is 4.10. The zero-order chi connectivity index (χ0) is 19.4. The van der Waals surface area contributed by atoms with Gasteiger partial charge in [0.25, 0.3) is 0 Å². The lowest BCUT2D eigenvalue weighted by Gasteiger charge is -2.17. The van der Waals surface area contributed by atoms with Crippen LogP contribution in [0.25, 0.3) is 0 Å². The van der Waals surface area contributed by atoms with Gasteiger partial charge in [-0.25, -0.2) is 4.98 Å². The minimum absolute atomic E-state index is 0.0827. The summed E-state index contributed by atoms with van der Waals surface area (Å²) in [6, 6.07) is 10.0. The third kappa shape index (κ3) is 5.58. The SMILES string of the molecule is O=C(Nc1ccnc(Oc2ccccc2Cl)c1)C1CCN(CC(F)(F)F)C1. The number of amides is 1. The molecule has 27 heavy (non-hydrogen) atoms. The van der Waals surface area contributed by atoms with E-state index in [0.717, 1.165) is 0 Å². The summed E-state index contributed by atoms with van der Waals surface area (Å²) in [7, 11) is 0. The smallest absolute Gasteiger partial charge is 0.401 e. The Bertz CT molecular complexity index is 816. The number of nitrogens with one attached hydrogen (secondary N) is 1. The Morgan fingerprint density at radius 2 is 2.11 bits per heavy atom. The van der Waals surface area contributed by atoms with Crippen molar-refractivity contribution < 1.29 is 22.7 Å². The van der Waals surface area contributed by atoms with E-state index in [9.17, 15) is 18.0 Å². The normalized spacial score (nSPS) is 17.7. The first-order valence-electron chi connectivity index (χ1n) is 8.28. The van der Waals surface area contributed by atoms with Crippen LogP contribution in [0.3, 0.4) is 0 Å². The highest BCUT2D eigenvalue weighted by molar-refractivity contribution is 6.32. The highest BCUT2D eigenvalue weighted by atomic mass is 35.5. The highest BCUT2D eigenvalue weighted by Crippen LogP contribution is 2.29. The van der Waals surface area contributed by atoms with E-state index >= 15 is 0 Å². The summed E-state index contributed by atoms with van der Waals surface area (Å²) >= 11 is 6.04. The zero-order valence-corrected chi connectivity index (χ0v) is 14.9. The molecular formula is C18H17ClF3N3O2. The number of nitrogens with zero attached hydrogens (tertiary/aromatic N) is 2. The number of hydrogen-bond donors (Lipinski definition) is 1. The monoisotopic (exact) mass is 399 g/mol. The van der Waals surface area contributed by atoms with Gasteiger partial charge in [-0.05, 0) is 31.2 Å². The van der Waals surface area contributed by atoms with Gasteiger partial charge in [0.05, 0.1) is 17.5 Å². The number of likely N-dealkylation sites (tertiary alicyclic amines) is 1. The molecule has 3 rings (SSSR count). The van der Waals surface area contributed by atoms with Crippen molar-refractivity contribution in [3.8, 4) is 11.6 Å². The largest absolute Gasteiger partial charge is 0.437 e. The molecule has 9 heteroatoms. The van der Waals surface area contributed by atoms with Crippen molar-refractivity contribution in [2.24, 2.45) is 5.92 Å². The number of benzene rings is 1. The summed E-state index contributed by atoms with van der Waals surface area (Å²) in [5, 5.41) is 3.13.